The first-order valence-electron chi connectivity index (χ1n) is 11.9. The van der Waals surface area contributed by atoms with Gasteiger partial charge < -0.3 is 19.4 Å². The molecule has 1 saturated heterocycles. The third-order valence-electron chi connectivity index (χ3n) is 6.00. The van der Waals surface area contributed by atoms with Crippen molar-refractivity contribution in [3.63, 3.8) is 0 Å². The van der Waals surface area contributed by atoms with E-state index in [-0.39, 0.29) is 10.6 Å². The van der Waals surface area contributed by atoms with Crippen molar-refractivity contribution >= 4 is 46.3 Å². The third kappa shape index (κ3) is 5.80. The molecular formula is C27H26N4O7S. The maximum atomic E-state index is 13.0. The molecule has 1 aliphatic heterocycles. The smallest absolute Gasteiger partial charge is 0.294 e. The molecule has 2 heterocycles. The Morgan fingerprint density at radius 3 is 2.49 bits per heavy atom. The molecular weight excluding hydrogens is 524 g/mol. The minimum Gasteiger partial charge on any atom is -0.494 e. The molecule has 0 atom stereocenters. The fraction of sp³-hybridized carbons (Fsp3) is 0.222. The van der Waals surface area contributed by atoms with Crippen LogP contribution in [0.15, 0.2) is 53.4 Å². The number of hydrogen-bond acceptors (Lipinski definition) is 8. The van der Waals surface area contributed by atoms with Crippen molar-refractivity contribution in [2.24, 2.45) is 0 Å². The highest BCUT2D eigenvalue weighted by Crippen LogP contribution is 2.35. The van der Waals surface area contributed by atoms with Crippen LogP contribution in [0.5, 0.6) is 11.5 Å². The van der Waals surface area contributed by atoms with Crippen LogP contribution in [0.1, 0.15) is 23.9 Å². The molecule has 0 unspecified atom stereocenters. The van der Waals surface area contributed by atoms with Gasteiger partial charge in [0.1, 0.15) is 18.0 Å². The van der Waals surface area contributed by atoms with Gasteiger partial charge in [-0.25, -0.2) is 0 Å². The maximum Gasteiger partial charge on any atom is 0.294 e. The van der Waals surface area contributed by atoms with Gasteiger partial charge in [-0.3, -0.25) is 29.4 Å². The van der Waals surface area contributed by atoms with Gasteiger partial charge in [0.15, 0.2) is 0 Å². The summed E-state index contributed by atoms with van der Waals surface area (Å²) >= 11 is 0.758. The number of amides is 3. The average Bonchev–Trinajstić information content (AvgIpc) is 3.33. The fourth-order valence-corrected chi connectivity index (χ4v) is 5.02. The lowest BCUT2D eigenvalue weighted by atomic mass is 10.2. The fourth-order valence-electron chi connectivity index (χ4n) is 4.19. The van der Waals surface area contributed by atoms with Crippen molar-refractivity contribution in [1.82, 2.24) is 9.47 Å². The molecule has 3 amide bonds. The summed E-state index contributed by atoms with van der Waals surface area (Å²) in [5, 5.41) is 13.3. The molecule has 4 rings (SSSR count). The standard InChI is InChI=1S/C27H26N4O7S/c1-5-38-21-9-6-19(7-10-21)28-25(32)15-29-26(33)24(39-27(29)34)13-18-12-16(2)30(17(18)3)22-11-8-20(31(35)36)14-23(22)37-4/h6-14H,5,15H2,1-4H3,(H,28,32)/b24-13+. The minimum atomic E-state index is -0.565. The molecule has 3 aromatic rings. The Morgan fingerprint density at radius 2 is 1.85 bits per heavy atom. The highest BCUT2D eigenvalue weighted by molar-refractivity contribution is 8.18. The second-order valence-electron chi connectivity index (χ2n) is 8.55. The van der Waals surface area contributed by atoms with Crippen molar-refractivity contribution in [1.29, 1.82) is 0 Å². The maximum absolute atomic E-state index is 13.0. The first-order chi connectivity index (χ1) is 18.6. The molecule has 2 aromatic carbocycles. The van der Waals surface area contributed by atoms with Crippen LogP contribution in [0, 0.1) is 24.0 Å². The molecule has 0 radical (unpaired) electrons. The largest absolute Gasteiger partial charge is 0.494 e. The Hall–Kier alpha value is -4.58. The monoisotopic (exact) mass is 550 g/mol. The van der Waals surface area contributed by atoms with Crippen molar-refractivity contribution in [3.05, 3.63) is 80.5 Å². The second kappa shape index (κ2) is 11.4. The molecule has 0 aliphatic carbocycles. The van der Waals surface area contributed by atoms with Crippen LogP contribution in [0.25, 0.3) is 11.8 Å². The van der Waals surface area contributed by atoms with Gasteiger partial charge in [0.2, 0.25) is 5.91 Å². The molecule has 0 saturated carbocycles. The lowest BCUT2D eigenvalue weighted by molar-refractivity contribution is -0.384. The van der Waals surface area contributed by atoms with Crippen LogP contribution < -0.4 is 14.8 Å². The number of rotatable bonds is 9. The summed E-state index contributed by atoms with van der Waals surface area (Å²) in [4.78, 5) is 49.9. The number of carbonyl (C=O) groups is 3. The summed E-state index contributed by atoms with van der Waals surface area (Å²) in [6.07, 6.45) is 1.60. The van der Waals surface area contributed by atoms with Gasteiger partial charge in [-0.05, 0) is 80.6 Å². The zero-order valence-electron chi connectivity index (χ0n) is 21.7. The number of aromatic nitrogens is 1. The Morgan fingerprint density at radius 1 is 1.13 bits per heavy atom. The zero-order chi connectivity index (χ0) is 28.3. The number of nitrogens with one attached hydrogen (secondary N) is 1. The predicted octanol–water partition coefficient (Wildman–Crippen LogP) is 5.08. The van der Waals surface area contributed by atoms with Gasteiger partial charge in [-0.15, -0.1) is 0 Å². The number of ether oxygens (including phenoxy) is 2. The van der Waals surface area contributed by atoms with Crippen molar-refractivity contribution in [3.8, 4) is 17.2 Å². The average molecular weight is 551 g/mol. The number of imide groups is 1. The van der Waals surface area contributed by atoms with Gasteiger partial charge in [0, 0.05) is 23.1 Å². The summed E-state index contributed by atoms with van der Waals surface area (Å²) in [6, 6.07) is 12.9. The van der Waals surface area contributed by atoms with Crippen LogP contribution in [-0.4, -0.2) is 51.7 Å². The number of anilines is 1. The number of thioether (sulfide) groups is 1. The molecule has 0 spiro atoms. The van der Waals surface area contributed by atoms with E-state index in [0.29, 0.717) is 35.0 Å². The van der Waals surface area contributed by atoms with E-state index in [0.717, 1.165) is 28.0 Å². The number of methoxy groups -OCH3 is 1. The number of hydrogen-bond donors (Lipinski definition) is 1. The third-order valence-corrected chi connectivity index (χ3v) is 6.90. The predicted molar refractivity (Wildman–Crippen MR) is 147 cm³/mol. The summed E-state index contributed by atoms with van der Waals surface area (Å²) in [5.41, 5.74) is 3.22. The van der Waals surface area contributed by atoms with Gasteiger partial charge in [0.25, 0.3) is 16.8 Å². The lowest BCUT2D eigenvalue weighted by Crippen LogP contribution is -2.36. The topological polar surface area (TPSA) is 133 Å². The van der Waals surface area contributed by atoms with Gasteiger partial charge in [-0.2, -0.15) is 0 Å². The first-order valence-corrected chi connectivity index (χ1v) is 12.7. The number of non-ortho nitro benzene ring substituents is 1. The molecule has 1 N–H and O–H groups in total. The summed E-state index contributed by atoms with van der Waals surface area (Å²) in [6.45, 7) is 5.65. The van der Waals surface area contributed by atoms with Crippen LogP contribution >= 0.6 is 11.8 Å². The summed E-state index contributed by atoms with van der Waals surface area (Å²) in [7, 11) is 1.43. The Labute approximate surface area is 228 Å². The molecule has 11 nitrogen and oxygen atoms in total. The van der Waals surface area contributed by atoms with Crippen molar-refractivity contribution in [2.75, 3.05) is 25.6 Å². The quantitative estimate of drug-likeness (QED) is 0.221. The van der Waals surface area contributed by atoms with Crippen LogP contribution in [-0.2, 0) is 9.59 Å². The molecule has 12 heteroatoms. The second-order valence-corrected chi connectivity index (χ2v) is 9.54. The SMILES string of the molecule is CCOc1ccc(NC(=O)CN2C(=O)S/C(=C/c3cc(C)n(-c4ccc([N+](=O)[O-])cc4OC)c3C)C2=O)cc1. The van der Waals surface area contributed by atoms with E-state index in [1.807, 2.05) is 31.4 Å². The molecule has 1 aliphatic rings. The number of carbonyl (C=O) groups excluding carboxylic acids is 3. The lowest BCUT2D eigenvalue weighted by Gasteiger charge is -2.14. The number of nitro groups is 1. The van der Waals surface area contributed by atoms with E-state index in [9.17, 15) is 24.5 Å². The van der Waals surface area contributed by atoms with E-state index in [1.54, 1.807) is 36.4 Å². The molecule has 39 heavy (non-hydrogen) atoms. The number of nitrogens with zero attached hydrogens (tertiary/aromatic N) is 3. The number of aryl methyl sites for hydroxylation is 1. The van der Waals surface area contributed by atoms with Crippen molar-refractivity contribution < 1.29 is 28.8 Å². The minimum absolute atomic E-state index is 0.0986. The van der Waals surface area contributed by atoms with E-state index < -0.39 is 28.5 Å². The zero-order valence-corrected chi connectivity index (χ0v) is 22.5. The van der Waals surface area contributed by atoms with E-state index >= 15 is 0 Å². The van der Waals surface area contributed by atoms with Crippen LogP contribution in [0.4, 0.5) is 16.2 Å². The van der Waals surface area contributed by atoms with Gasteiger partial charge in [-0.1, -0.05) is 0 Å². The number of benzene rings is 2. The number of nitro benzene ring substituents is 1. The van der Waals surface area contributed by atoms with E-state index in [2.05, 4.69) is 5.32 Å². The molecule has 0 bridgehead atoms. The van der Waals surface area contributed by atoms with Crippen LogP contribution in [0.2, 0.25) is 0 Å². The molecule has 202 valence electrons. The van der Waals surface area contributed by atoms with E-state index in [4.69, 9.17) is 9.47 Å². The Bertz CT molecular complexity index is 1490. The highest BCUT2D eigenvalue weighted by Gasteiger charge is 2.36. The highest BCUT2D eigenvalue weighted by atomic mass is 32.2. The summed E-state index contributed by atoms with van der Waals surface area (Å²) in [5.74, 6) is -0.0925. The Kier molecular flexibility index (Phi) is 8.05. The van der Waals surface area contributed by atoms with Crippen molar-refractivity contribution in [2.45, 2.75) is 20.8 Å². The van der Waals surface area contributed by atoms with Gasteiger partial charge >= 0.3 is 0 Å². The first kappa shape index (κ1) is 27.5. The molecule has 1 aromatic heterocycles. The van der Waals surface area contributed by atoms with Gasteiger partial charge in [0.05, 0.1) is 35.3 Å². The van der Waals surface area contributed by atoms with E-state index in [1.165, 1.54) is 19.2 Å². The molecule has 1 fully saturated rings. The summed E-state index contributed by atoms with van der Waals surface area (Å²) < 4.78 is 12.6. The Balaban J connectivity index is 1.52. The normalized spacial score (nSPS) is 14.2. The van der Waals surface area contributed by atoms with Crippen LogP contribution in [0.3, 0.4) is 0 Å².